The number of para-hydroxylation sites is 2. The monoisotopic (exact) mass is 324 g/mol. The highest BCUT2D eigenvalue weighted by molar-refractivity contribution is 5.66. The van der Waals surface area contributed by atoms with Crippen LogP contribution >= 0.6 is 0 Å². The van der Waals surface area contributed by atoms with E-state index in [1.165, 1.54) is 18.2 Å². The van der Waals surface area contributed by atoms with Crippen molar-refractivity contribution in [3.8, 4) is 23.0 Å². The van der Waals surface area contributed by atoms with Gasteiger partial charge in [-0.05, 0) is 36.4 Å². The molecule has 0 aromatic heterocycles. The summed E-state index contributed by atoms with van der Waals surface area (Å²) in [5.74, 6) is 1.10. The highest BCUT2D eigenvalue weighted by Crippen LogP contribution is 2.15. The summed E-state index contributed by atoms with van der Waals surface area (Å²) in [5.41, 5.74) is 0. The molecular formula is C19H16O5. The number of hydrogen-bond acceptors (Lipinski definition) is 5. The molecule has 0 aliphatic heterocycles. The van der Waals surface area contributed by atoms with Gasteiger partial charge in [-0.3, -0.25) is 0 Å². The molecule has 0 aliphatic rings. The van der Waals surface area contributed by atoms with Crippen molar-refractivity contribution in [2.75, 3.05) is 0 Å². The van der Waals surface area contributed by atoms with Gasteiger partial charge in [-0.1, -0.05) is 42.5 Å². The average Bonchev–Trinajstić information content (AvgIpc) is 2.57. The summed E-state index contributed by atoms with van der Waals surface area (Å²) in [4.78, 5) is 11.3. The van der Waals surface area contributed by atoms with Crippen molar-refractivity contribution in [3.63, 3.8) is 0 Å². The van der Waals surface area contributed by atoms with Crippen molar-refractivity contribution in [1.82, 2.24) is 0 Å². The van der Waals surface area contributed by atoms with Crippen LogP contribution in [0.5, 0.6) is 23.0 Å². The van der Waals surface area contributed by atoms with Crippen LogP contribution in [-0.2, 0) is 0 Å². The second kappa shape index (κ2) is 8.85. The predicted molar refractivity (Wildman–Crippen MR) is 89.3 cm³/mol. The molecule has 0 unspecified atom stereocenters. The molecule has 3 aromatic rings. The number of ether oxygens (including phenoxy) is 2. The zero-order chi connectivity index (χ0) is 17.2. The zero-order valence-electron chi connectivity index (χ0n) is 12.7. The standard InChI is InChI=1S/C13H10O3.C6H6O2/c14-13(15-11-7-3-1-4-8-11)16-12-9-5-2-6-10-12;7-5-2-1-3-6(8)4-5/h1-10H;1-4,7-8H. The van der Waals surface area contributed by atoms with E-state index in [1.807, 2.05) is 12.1 Å². The Bertz CT molecular complexity index is 696. The molecule has 0 radical (unpaired) electrons. The Morgan fingerprint density at radius 1 is 0.625 bits per heavy atom. The molecule has 3 rings (SSSR count). The van der Waals surface area contributed by atoms with Crippen molar-refractivity contribution in [1.29, 1.82) is 0 Å². The highest BCUT2D eigenvalue weighted by Gasteiger charge is 2.06. The predicted octanol–water partition coefficient (Wildman–Crippen LogP) is 4.36. The summed E-state index contributed by atoms with van der Waals surface area (Å²) in [6.45, 7) is 0. The lowest BCUT2D eigenvalue weighted by molar-refractivity contribution is 0.152. The average molecular weight is 324 g/mol. The van der Waals surface area contributed by atoms with E-state index in [4.69, 9.17) is 19.7 Å². The minimum Gasteiger partial charge on any atom is -0.508 e. The number of phenols is 2. The summed E-state index contributed by atoms with van der Waals surface area (Å²) in [5, 5.41) is 17.3. The number of carbonyl (C=O) groups is 1. The van der Waals surface area contributed by atoms with Gasteiger partial charge in [0.15, 0.2) is 0 Å². The number of rotatable bonds is 2. The number of aromatic hydroxyl groups is 2. The lowest BCUT2D eigenvalue weighted by Crippen LogP contribution is -2.13. The largest absolute Gasteiger partial charge is 0.519 e. The maximum absolute atomic E-state index is 11.3. The maximum Gasteiger partial charge on any atom is 0.519 e. The number of hydrogen-bond donors (Lipinski definition) is 2. The van der Waals surface area contributed by atoms with Crippen LogP contribution in [-0.4, -0.2) is 16.4 Å². The van der Waals surface area contributed by atoms with E-state index < -0.39 is 6.16 Å². The molecule has 122 valence electrons. The van der Waals surface area contributed by atoms with Gasteiger partial charge in [-0.25, -0.2) is 4.79 Å². The molecule has 2 N–H and O–H groups in total. The van der Waals surface area contributed by atoms with Crippen LogP contribution in [0.1, 0.15) is 0 Å². The maximum atomic E-state index is 11.3. The number of benzene rings is 3. The first-order valence-corrected chi connectivity index (χ1v) is 7.11. The van der Waals surface area contributed by atoms with Gasteiger partial charge in [0.1, 0.15) is 23.0 Å². The third-order valence-corrected chi connectivity index (χ3v) is 2.72. The molecule has 0 fully saturated rings. The Labute approximate surface area is 139 Å². The van der Waals surface area contributed by atoms with Crippen LogP contribution in [0.25, 0.3) is 0 Å². The molecule has 5 heteroatoms. The molecule has 0 aliphatic carbocycles. The topological polar surface area (TPSA) is 76.0 Å². The van der Waals surface area contributed by atoms with E-state index in [9.17, 15) is 4.79 Å². The molecule has 24 heavy (non-hydrogen) atoms. The molecule has 0 atom stereocenters. The van der Waals surface area contributed by atoms with Gasteiger partial charge in [-0.2, -0.15) is 0 Å². The van der Waals surface area contributed by atoms with Crippen molar-refractivity contribution in [2.45, 2.75) is 0 Å². The Morgan fingerprint density at radius 3 is 1.38 bits per heavy atom. The van der Waals surface area contributed by atoms with E-state index in [0.29, 0.717) is 11.5 Å². The van der Waals surface area contributed by atoms with Crippen molar-refractivity contribution in [2.24, 2.45) is 0 Å². The van der Waals surface area contributed by atoms with Gasteiger partial charge >= 0.3 is 6.16 Å². The van der Waals surface area contributed by atoms with E-state index in [2.05, 4.69) is 0 Å². The van der Waals surface area contributed by atoms with Gasteiger partial charge in [0, 0.05) is 6.07 Å². The molecule has 5 nitrogen and oxygen atoms in total. The first kappa shape index (κ1) is 16.9. The fraction of sp³-hybridized carbons (Fsp3) is 0. The van der Waals surface area contributed by atoms with Crippen molar-refractivity contribution < 1.29 is 24.5 Å². The van der Waals surface area contributed by atoms with Gasteiger partial charge in [-0.15, -0.1) is 0 Å². The SMILES string of the molecule is O=C(Oc1ccccc1)Oc1ccccc1.Oc1cccc(O)c1. The first-order valence-electron chi connectivity index (χ1n) is 7.11. The molecule has 0 spiro atoms. The molecule has 0 saturated heterocycles. The van der Waals surface area contributed by atoms with Crippen LogP contribution in [0, 0.1) is 0 Å². The zero-order valence-corrected chi connectivity index (χ0v) is 12.7. The fourth-order valence-corrected chi connectivity index (χ4v) is 1.68. The summed E-state index contributed by atoms with van der Waals surface area (Å²) in [6.07, 6.45) is -0.739. The third-order valence-electron chi connectivity index (χ3n) is 2.72. The quantitative estimate of drug-likeness (QED) is 0.541. The van der Waals surface area contributed by atoms with Crippen molar-refractivity contribution >= 4 is 6.16 Å². The lowest BCUT2D eigenvalue weighted by atomic mass is 10.3. The Morgan fingerprint density at radius 2 is 1.04 bits per heavy atom. The van der Waals surface area contributed by atoms with E-state index in [-0.39, 0.29) is 11.5 Å². The van der Waals surface area contributed by atoms with Crippen LogP contribution < -0.4 is 9.47 Å². The molecule has 0 heterocycles. The van der Waals surface area contributed by atoms with E-state index in [1.54, 1.807) is 54.6 Å². The van der Waals surface area contributed by atoms with Crippen molar-refractivity contribution in [3.05, 3.63) is 84.9 Å². The van der Waals surface area contributed by atoms with Crippen LogP contribution in [0.3, 0.4) is 0 Å². The normalized spacial score (nSPS) is 9.33. The molecule has 3 aromatic carbocycles. The minimum atomic E-state index is -0.739. The minimum absolute atomic E-state index is 0.0880. The number of phenolic OH excluding ortho intramolecular Hbond substituents is 2. The second-order valence-corrected chi connectivity index (χ2v) is 4.60. The first-order chi connectivity index (χ1) is 11.6. The molecule has 0 bridgehead atoms. The highest BCUT2D eigenvalue weighted by atomic mass is 16.7. The van der Waals surface area contributed by atoms with Gasteiger partial charge in [0.2, 0.25) is 0 Å². The third kappa shape index (κ3) is 6.11. The van der Waals surface area contributed by atoms with Gasteiger partial charge in [0.05, 0.1) is 0 Å². The van der Waals surface area contributed by atoms with E-state index >= 15 is 0 Å². The summed E-state index contributed by atoms with van der Waals surface area (Å²) < 4.78 is 9.91. The molecule has 0 amide bonds. The summed E-state index contributed by atoms with van der Waals surface area (Å²) >= 11 is 0. The lowest BCUT2D eigenvalue weighted by Gasteiger charge is -2.04. The summed E-state index contributed by atoms with van der Waals surface area (Å²) in [6, 6.07) is 23.4. The second-order valence-electron chi connectivity index (χ2n) is 4.60. The fourth-order valence-electron chi connectivity index (χ4n) is 1.68. The Balaban J connectivity index is 0.000000219. The van der Waals surface area contributed by atoms with E-state index in [0.717, 1.165) is 0 Å². The smallest absolute Gasteiger partial charge is 0.508 e. The van der Waals surface area contributed by atoms with Gasteiger partial charge in [0.25, 0.3) is 0 Å². The molecular weight excluding hydrogens is 308 g/mol. The van der Waals surface area contributed by atoms with Gasteiger partial charge < -0.3 is 19.7 Å². The van der Waals surface area contributed by atoms with Crippen LogP contribution in [0.2, 0.25) is 0 Å². The Kier molecular flexibility index (Phi) is 6.23. The number of carbonyl (C=O) groups excluding carboxylic acids is 1. The van der Waals surface area contributed by atoms with Crippen LogP contribution in [0.4, 0.5) is 4.79 Å². The molecule has 0 saturated carbocycles. The summed E-state index contributed by atoms with van der Waals surface area (Å²) in [7, 11) is 0. The Hall–Kier alpha value is -3.47. The van der Waals surface area contributed by atoms with Crippen LogP contribution in [0.15, 0.2) is 84.9 Å².